The summed E-state index contributed by atoms with van der Waals surface area (Å²) >= 11 is 0. The van der Waals surface area contributed by atoms with Crippen LogP contribution in [0.2, 0.25) is 0 Å². The molecule has 2 heterocycles. The van der Waals surface area contributed by atoms with E-state index < -0.39 is 0 Å². The minimum Gasteiger partial charge on any atom is -0.494 e. The molecule has 0 aliphatic carbocycles. The molecule has 142 valence electrons. The second-order valence-corrected chi connectivity index (χ2v) is 7.26. The molecule has 28 heavy (non-hydrogen) atoms. The lowest BCUT2D eigenvalue weighted by Crippen LogP contribution is -2.42. The minimum atomic E-state index is -0.177. The Kier molecular flexibility index (Phi) is 4.51. The fourth-order valence-corrected chi connectivity index (χ4v) is 4.23. The molecule has 0 bridgehead atoms. The number of hydrazine groups is 1. The van der Waals surface area contributed by atoms with Gasteiger partial charge in [0.25, 0.3) is 0 Å². The summed E-state index contributed by atoms with van der Waals surface area (Å²) in [5, 5.41) is 2.27. The number of benzene rings is 3. The topological polar surface area (TPSA) is 33.7 Å². The van der Waals surface area contributed by atoms with Crippen LogP contribution in [0.5, 0.6) is 11.5 Å². The zero-order chi connectivity index (χ0) is 18.9. The number of ether oxygens (including phenoxy) is 2. The van der Waals surface area contributed by atoms with Crippen LogP contribution in [0.3, 0.4) is 0 Å². The lowest BCUT2D eigenvalue weighted by Gasteiger charge is -2.38. The van der Waals surface area contributed by atoms with Crippen molar-refractivity contribution in [1.82, 2.24) is 10.4 Å². The van der Waals surface area contributed by atoms with Gasteiger partial charge < -0.3 is 9.47 Å². The molecule has 2 aliphatic heterocycles. The number of rotatable bonds is 4. The number of hydrogen-bond acceptors (Lipinski definition) is 4. The molecular weight excluding hydrogens is 348 g/mol. The van der Waals surface area contributed by atoms with Crippen molar-refractivity contribution in [3.63, 3.8) is 0 Å². The number of fused-ring (bicyclic) bond motifs is 3. The van der Waals surface area contributed by atoms with Crippen molar-refractivity contribution in [2.75, 3.05) is 6.61 Å². The van der Waals surface area contributed by atoms with Gasteiger partial charge in [0.05, 0.1) is 12.6 Å². The van der Waals surface area contributed by atoms with Crippen LogP contribution >= 0.6 is 0 Å². The van der Waals surface area contributed by atoms with Gasteiger partial charge in [-0.3, -0.25) is 0 Å². The maximum atomic E-state index is 6.44. The zero-order valence-electron chi connectivity index (χ0n) is 15.9. The predicted octanol–water partition coefficient (Wildman–Crippen LogP) is 5.17. The summed E-state index contributed by atoms with van der Waals surface area (Å²) in [6.07, 6.45) is 0.835. The van der Waals surface area contributed by atoms with Crippen molar-refractivity contribution >= 4 is 0 Å². The van der Waals surface area contributed by atoms with E-state index in [4.69, 9.17) is 9.47 Å². The van der Waals surface area contributed by atoms with Crippen LogP contribution < -0.4 is 14.9 Å². The Balaban J connectivity index is 1.50. The summed E-state index contributed by atoms with van der Waals surface area (Å²) in [5.41, 5.74) is 7.38. The number of nitrogens with zero attached hydrogens (tertiary/aromatic N) is 1. The summed E-state index contributed by atoms with van der Waals surface area (Å²) in [7, 11) is 0. The van der Waals surface area contributed by atoms with Gasteiger partial charge in [-0.25, -0.2) is 5.43 Å². The normalized spacial score (nSPS) is 23.5. The van der Waals surface area contributed by atoms with Gasteiger partial charge in [-0.05, 0) is 37.1 Å². The third-order valence-corrected chi connectivity index (χ3v) is 5.55. The van der Waals surface area contributed by atoms with Crippen molar-refractivity contribution in [1.29, 1.82) is 0 Å². The van der Waals surface area contributed by atoms with Crippen LogP contribution in [0.1, 0.15) is 48.3 Å². The highest BCUT2D eigenvalue weighted by molar-refractivity contribution is 5.41. The summed E-state index contributed by atoms with van der Waals surface area (Å²) < 4.78 is 12.0. The molecule has 0 aromatic heterocycles. The molecule has 0 radical (unpaired) electrons. The Hall–Kier alpha value is -2.82. The van der Waals surface area contributed by atoms with Gasteiger partial charge in [-0.15, -0.1) is 0 Å². The molecule has 1 fully saturated rings. The minimum absolute atomic E-state index is 0.177. The summed E-state index contributed by atoms with van der Waals surface area (Å²) in [6.45, 7) is 2.67. The monoisotopic (exact) mass is 372 g/mol. The molecule has 0 unspecified atom stereocenters. The van der Waals surface area contributed by atoms with Gasteiger partial charge in [0.15, 0.2) is 6.23 Å². The fraction of sp³-hybridized carbons (Fsp3) is 0.250. The van der Waals surface area contributed by atoms with E-state index >= 15 is 0 Å². The van der Waals surface area contributed by atoms with Crippen molar-refractivity contribution in [3.8, 4) is 11.5 Å². The predicted molar refractivity (Wildman–Crippen MR) is 109 cm³/mol. The van der Waals surface area contributed by atoms with E-state index in [2.05, 4.69) is 71.1 Å². The van der Waals surface area contributed by atoms with Crippen LogP contribution in [0.4, 0.5) is 0 Å². The maximum absolute atomic E-state index is 6.44. The molecule has 5 rings (SSSR count). The van der Waals surface area contributed by atoms with Crippen LogP contribution in [0, 0.1) is 0 Å². The van der Waals surface area contributed by atoms with E-state index in [1.165, 1.54) is 11.1 Å². The van der Waals surface area contributed by atoms with Crippen molar-refractivity contribution in [3.05, 3.63) is 95.6 Å². The van der Waals surface area contributed by atoms with Crippen molar-refractivity contribution < 1.29 is 9.47 Å². The Labute approximate surface area is 165 Å². The Bertz CT molecular complexity index is 942. The zero-order valence-corrected chi connectivity index (χ0v) is 15.9. The fourth-order valence-electron chi connectivity index (χ4n) is 4.23. The number of para-hydroxylation sites is 1. The standard InChI is InChI=1S/C24H24N2O2/c1-2-27-19-14-12-18(13-15-19)24-26-22(20-10-6-7-11-23(20)28-24)16-21(25-26)17-8-4-3-5-9-17/h3-15,21-22,24-25H,2,16H2,1H3/t21-,22-,24-/m0/s1. The molecule has 3 aromatic rings. The van der Waals surface area contributed by atoms with E-state index in [-0.39, 0.29) is 18.3 Å². The first-order chi connectivity index (χ1) is 13.8. The average molecular weight is 372 g/mol. The van der Waals surface area contributed by atoms with E-state index in [0.717, 1.165) is 23.5 Å². The lowest BCUT2D eigenvalue weighted by molar-refractivity contribution is -0.0434. The van der Waals surface area contributed by atoms with Gasteiger partial charge in [0.1, 0.15) is 11.5 Å². The average Bonchev–Trinajstić information content (AvgIpc) is 3.20. The van der Waals surface area contributed by atoms with Crippen LogP contribution in [-0.4, -0.2) is 11.6 Å². The highest BCUT2D eigenvalue weighted by Gasteiger charge is 2.43. The first-order valence-electron chi connectivity index (χ1n) is 9.91. The molecule has 2 aliphatic rings. The third-order valence-electron chi connectivity index (χ3n) is 5.55. The van der Waals surface area contributed by atoms with Crippen molar-refractivity contribution in [2.24, 2.45) is 0 Å². The number of nitrogens with one attached hydrogen (secondary N) is 1. The molecule has 0 saturated carbocycles. The molecule has 3 atom stereocenters. The molecule has 1 N–H and O–H groups in total. The van der Waals surface area contributed by atoms with Gasteiger partial charge in [-0.2, -0.15) is 5.01 Å². The van der Waals surface area contributed by atoms with Gasteiger partial charge in [-0.1, -0.05) is 60.7 Å². The van der Waals surface area contributed by atoms with Gasteiger partial charge in [0.2, 0.25) is 0 Å². The Morgan fingerprint density at radius 3 is 2.46 bits per heavy atom. The molecule has 3 aromatic carbocycles. The molecule has 0 amide bonds. The quantitative estimate of drug-likeness (QED) is 0.685. The maximum Gasteiger partial charge on any atom is 0.191 e. The lowest BCUT2D eigenvalue weighted by atomic mass is 9.95. The third kappa shape index (κ3) is 3.05. The smallest absolute Gasteiger partial charge is 0.191 e. The van der Waals surface area contributed by atoms with E-state index in [1.807, 2.05) is 25.1 Å². The van der Waals surface area contributed by atoms with Crippen LogP contribution in [0.25, 0.3) is 0 Å². The second-order valence-electron chi connectivity index (χ2n) is 7.26. The molecule has 4 heteroatoms. The van der Waals surface area contributed by atoms with E-state index in [0.29, 0.717) is 6.61 Å². The molecule has 1 saturated heterocycles. The van der Waals surface area contributed by atoms with E-state index in [1.54, 1.807) is 0 Å². The SMILES string of the molecule is CCOc1ccc([C@@H]2Oc3ccccc3[C@@H]3C[C@@H](c4ccccc4)NN32)cc1. The van der Waals surface area contributed by atoms with Gasteiger partial charge in [0, 0.05) is 17.2 Å². The summed E-state index contributed by atoms with van der Waals surface area (Å²) in [5.74, 6) is 1.86. The number of hydrogen-bond donors (Lipinski definition) is 1. The second kappa shape index (κ2) is 7.30. The Morgan fingerprint density at radius 1 is 0.929 bits per heavy atom. The largest absolute Gasteiger partial charge is 0.494 e. The highest BCUT2D eigenvalue weighted by atomic mass is 16.5. The molecule has 0 spiro atoms. The van der Waals surface area contributed by atoms with Crippen LogP contribution in [0.15, 0.2) is 78.9 Å². The van der Waals surface area contributed by atoms with Crippen molar-refractivity contribution in [2.45, 2.75) is 31.7 Å². The first kappa shape index (κ1) is 17.3. The van der Waals surface area contributed by atoms with E-state index in [9.17, 15) is 0 Å². The molecule has 4 nitrogen and oxygen atoms in total. The summed E-state index contributed by atoms with van der Waals surface area (Å²) in [6, 6.07) is 27.8. The summed E-state index contributed by atoms with van der Waals surface area (Å²) in [4.78, 5) is 0. The van der Waals surface area contributed by atoms with Crippen LogP contribution in [-0.2, 0) is 0 Å². The molecular formula is C24H24N2O2. The highest BCUT2D eigenvalue weighted by Crippen LogP contribution is 2.48. The first-order valence-corrected chi connectivity index (χ1v) is 9.91. The Morgan fingerprint density at radius 2 is 1.68 bits per heavy atom. The van der Waals surface area contributed by atoms with Gasteiger partial charge >= 0.3 is 0 Å².